The summed E-state index contributed by atoms with van der Waals surface area (Å²) in [7, 11) is 0. The molecule has 0 saturated heterocycles. The van der Waals surface area contributed by atoms with Crippen LogP contribution >= 0.6 is 15.9 Å². The van der Waals surface area contributed by atoms with E-state index in [4.69, 9.17) is 5.11 Å². The molecule has 0 heterocycles. The predicted molar refractivity (Wildman–Crippen MR) is 76.6 cm³/mol. The van der Waals surface area contributed by atoms with E-state index < -0.39 is 5.97 Å². The van der Waals surface area contributed by atoms with Gasteiger partial charge in [-0.15, -0.1) is 0 Å². The van der Waals surface area contributed by atoms with Crippen molar-refractivity contribution < 1.29 is 14.3 Å². The molecule has 0 radical (unpaired) electrons. The third-order valence-electron chi connectivity index (χ3n) is 3.05. The molecular weight excluding hydrogens is 313 g/mol. The first-order valence-corrected chi connectivity index (χ1v) is 6.85. The lowest BCUT2D eigenvalue weighted by Crippen LogP contribution is -2.45. The van der Waals surface area contributed by atoms with Crippen molar-refractivity contribution in [3.8, 4) is 0 Å². The molecule has 3 nitrogen and oxygen atoms in total. The molecule has 0 fully saturated rings. The van der Waals surface area contributed by atoms with E-state index in [0.717, 1.165) is 5.56 Å². The fraction of sp³-hybridized carbons (Fsp3) is 0.500. The van der Waals surface area contributed by atoms with Crippen LogP contribution in [0, 0.1) is 5.82 Å². The Bertz CT molecular complexity index is 471. The van der Waals surface area contributed by atoms with E-state index in [1.165, 1.54) is 12.1 Å². The van der Waals surface area contributed by atoms with Gasteiger partial charge in [-0.05, 0) is 45.4 Å². The molecule has 1 N–H and O–H groups in total. The summed E-state index contributed by atoms with van der Waals surface area (Å²) in [4.78, 5) is 12.9. The molecule has 0 spiro atoms. The summed E-state index contributed by atoms with van der Waals surface area (Å²) in [6, 6.07) is 4.34. The molecule has 0 amide bonds. The summed E-state index contributed by atoms with van der Waals surface area (Å²) in [5, 5.41) is 9.04. The summed E-state index contributed by atoms with van der Waals surface area (Å²) in [6.45, 7) is 7.75. The number of halogens is 2. The lowest BCUT2D eigenvalue weighted by molar-refractivity contribution is -0.140. The van der Waals surface area contributed by atoms with E-state index in [9.17, 15) is 9.18 Å². The molecule has 1 aromatic rings. The highest BCUT2D eigenvalue weighted by Gasteiger charge is 2.29. The SMILES string of the molecule is CC(c1ccc(F)cc1Br)N(CC(=O)O)C(C)(C)C. The zero-order valence-electron chi connectivity index (χ0n) is 11.6. The van der Waals surface area contributed by atoms with Crippen molar-refractivity contribution in [2.45, 2.75) is 39.3 Å². The standard InChI is InChI=1S/C14H19BrFNO2/c1-9(11-6-5-10(16)7-12(11)15)17(8-13(18)19)14(2,3)4/h5-7,9H,8H2,1-4H3,(H,18,19). The summed E-state index contributed by atoms with van der Waals surface area (Å²) in [5.74, 6) is -1.19. The van der Waals surface area contributed by atoms with E-state index in [1.54, 1.807) is 6.07 Å². The molecule has 1 unspecified atom stereocenters. The van der Waals surface area contributed by atoms with Crippen LogP contribution in [-0.2, 0) is 4.79 Å². The second-order valence-corrected chi connectivity index (χ2v) is 6.39. The quantitative estimate of drug-likeness (QED) is 0.911. The van der Waals surface area contributed by atoms with Crippen molar-refractivity contribution in [1.82, 2.24) is 4.90 Å². The van der Waals surface area contributed by atoms with Gasteiger partial charge in [-0.25, -0.2) is 4.39 Å². The van der Waals surface area contributed by atoms with Gasteiger partial charge in [-0.1, -0.05) is 22.0 Å². The zero-order chi connectivity index (χ0) is 14.8. The summed E-state index contributed by atoms with van der Waals surface area (Å²) >= 11 is 3.33. The van der Waals surface area contributed by atoms with Gasteiger partial charge in [0.05, 0.1) is 6.54 Å². The number of benzene rings is 1. The number of carbonyl (C=O) groups is 1. The lowest BCUT2D eigenvalue weighted by atomic mass is 9.99. The highest BCUT2D eigenvalue weighted by Crippen LogP contribution is 2.32. The Kier molecular flexibility index (Phi) is 5.10. The number of hydrogen-bond acceptors (Lipinski definition) is 2. The monoisotopic (exact) mass is 331 g/mol. The Morgan fingerprint density at radius 1 is 1.47 bits per heavy atom. The van der Waals surface area contributed by atoms with Crippen LogP contribution in [0.15, 0.2) is 22.7 Å². The van der Waals surface area contributed by atoms with Crippen LogP contribution in [0.5, 0.6) is 0 Å². The number of carboxylic acid groups (broad SMARTS) is 1. The molecule has 5 heteroatoms. The van der Waals surface area contributed by atoms with Crippen molar-refractivity contribution in [3.63, 3.8) is 0 Å². The topological polar surface area (TPSA) is 40.5 Å². The summed E-state index contributed by atoms with van der Waals surface area (Å²) in [6.07, 6.45) is 0. The molecule has 0 aliphatic heterocycles. The molecule has 1 atom stereocenters. The largest absolute Gasteiger partial charge is 0.480 e. The van der Waals surface area contributed by atoms with E-state index in [2.05, 4.69) is 15.9 Å². The predicted octanol–water partition coefficient (Wildman–Crippen LogP) is 3.83. The molecule has 0 saturated carbocycles. The smallest absolute Gasteiger partial charge is 0.317 e. The maximum Gasteiger partial charge on any atom is 0.317 e. The molecule has 0 bridgehead atoms. The molecule has 0 aliphatic rings. The Morgan fingerprint density at radius 3 is 2.47 bits per heavy atom. The second-order valence-electron chi connectivity index (χ2n) is 5.53. The molecule has 1 aromatic carbocycles. The normalized spacial score (nSPS) is 13.6. The van der Waals surface area contributed by atoms with E-state index in [-0.39, 0.29) is 23.9 Å². The molecule has 1 rings (SSSR count). The van der Waals surface area contributed by atoms with Crippen LogP contribution in [0.3, 0.4) is 0 Å². The molecule has 106 valence electrons. The highest BCUT2D eigenvalue weighted by atomic mass is 79.9. The van der Waals surface area contributed by atoms with Crippen molar-refractivity contribution in [1.29, 1.82) is 0 Å². The zero-order valence-corrected chi connectivity index (χ0v) is 13.2. The Morgan fingerprint density at radius 2 is 2.05 bits per heavy atom. The number of hydrogen-bond donors (Lipinski definition) is 1. The Hall–Kier alpha value is -0.940. The van der Waals surface area contributed by atoms with Gasteiger partial charge >= 0.3 is 5.97 Å². The minimum absolute atomic E-state index is 0.0610. The first kappa shape index (κ1) is 16.1. The van der Waals surface area contributed by atoms with Crippen LogP contribution in [0.2, 0.25) is 0 Å². The third-order valence-corrected chi connectivity index (χ3v) is 3.73. The maximum absolute atomic E-state index is 13.1. The van der Waals surface area contributed by atoms with E-state index in [1.807, 2.05) is 32.6 Å². The fourth-order valence-electron chi connectivity index (χ4n) is 2.11. The van der Waals surface area contributed by atoms with Gasteiger partial charge in [0.1, 0.15) is 5.82 Å². The number of aliphatic carboxylic acids is 1. The molecule has 0 aliphatic carbocycles. The molecule has 0 aromatic heterocycles. The molecular formula is C14H19BrFNO2. The Labute approximate surface area is 121 Å². The summed E-state index contributed by atoms with van der Waals surface area (Å²) in [5.41, 5.74) is 0.573. The van der Waals surface area contributed by atoms with Crippen molar-refractivity contribution in [2.75, 3.05) is 6.54 Å². The second kappa shape index (κ2) is 6.01. The van der Waals surface area contributed by atoms with Gasteiger partial charge in [0.25, 0.3) is 0 Å². The maximum atomic E-state index is 13.1. The first-order chi connectivity index (χ1) is 8.62. The minimum Gasteiger partial charge on any atom is -0.480 e. The van der Waals surface area contributed by atoms with Crippen LogP contribution < -0.4 is 0 Å². The minimum atomic E-state index is -0.875. The number of rotatable bonds is 4. The van der Waals surface area contributed by atoms with Crippen molar-refractivity contribution in [3.05, 3.63) is 34.1 Å². The molecule has 19 heavy (non-hydrogen) atoms. The van der Waals surface area contributed by atoms with Crippen LogP contribution in [0.1, 0.15) is 39.3 Å². The van der Waals surface area contributed by atoms with Crippen LogP contribution in [-0.4, -0.2) is 28.1 Å². The van der Waals surface area contributed by atoms with Gasteiger partial charge in [0.2, 0.25) is 0 Å². The van der Waals surface area contributed by atoms with Gasteiger partial charge in [-0.2, -0.15) is 0 Å². The third kappa shape index (κ3) is 4.28. The lowest BCUT2D eigenvalue weighted by Gasteiger charge is -2.39. The average molecular weight is 332 g/mol. The fourth-order valence-corrected chi connectivity index (χ4v) is 2.79. The van der Waals surface area contributed by atoms with Crippen molar-refractivity contribution >= 4 is 21.9 Å². The Balaban J connectivity index is 3.11. The van der Waals surface area contributed by atoms with E-state index >= 15 is 0 Å². The van der Waals surface area contributed by atoms with E-state index in [0.29, 0.717) is 4.47 Å². The first-order valence-electron chi connectivity index (χ1n) is 6.06. The highest BCUT2D eigenvalue weighted by molar-refractivity contribution is 9.10. The summed E-state index contributed by atoms with van der Waals surface area (Å²) < 4.78 is 13.8. The number of carboxylic acids is 1. The van der Waals surface area contributed by atoms with Crippen molar-refractivity contribution in [2.24, 2.45) is 0 Å². The van der Waals surface area contributed by atoms with Gasteiger partial charge in [-0.3, -0.25) is 9.69 Å². The average Bonchev–Trinajstić information content (AvgIpc) is 2.23. The number of nitrogens with zero attached hydrogens (tertiary/aromatic N) is 1. The van der Waals surface area contributed by atoms with Gasteiger partial charge in [0.15, 0.2) is 0 Å². The van der Waals surface area contributed by atoms with Gasteiger partial charge < -0.3 is 5.11 Å². The van der Waals surface area contributed by atoms with Crippen LogP contribution in [0.4, 0.5) is 4.39 Å². The van der Waals surface area contributed by atoms with Gasteiger partial charge in [0, 0.05) is 16.1 Å². The van der Waals surface area contributed by atoms with Crippen LogP contribution in [0.25, 0.3) is 0 Å².